The predicted molar refractivity (Wildman–Crippen MR) is 111 cm³/mol. The quantitative estimate of drug-likeness (QED) is 0.531. The van der Waals surface area contributed by atoms with Crippen LogP contribution >= 0.6 is 22.9 Å². The summed E-state index contributed by atoms with van der Waals surface area (Å²) in [5.41, 5.74) is -1.15. The number of nitrogens with zero attached hydrogens (tertiary/aromatic N) is 1. The largest absolute Gasteiger partial charge is 0.418 e. The molecule has 0 atom stereocenters. The number of sulfonamides is 1. The Balaban J connectivity index is 1.82. The molecule has 0 saturated heterocycles. The van der Waals surface area contributed by atoms with Gasteiger partial charge < -0.3 is 5.32 Å². The van der Waals surface area contributed by atoms with Crippen LogP contribution in [0.5, 0.6) is 0 Å². The van der Waals surface area contributed by atoms with Gasteiger partial charge in [0.2, 0.25) is 0 Å². The molecular formula is C19H14ClF3N2O3S2. The average molecular weight is 475 g/mol. The zero-order valence-electron chi connectivity index (χ0n) is 15.3. The molecule has 1 amide bonds. The van der Waals surface area contributed by atoms with Gasteiger partial charge in [0, 0.05) is 17.6 Å². The molecule has 0 aliphatic heterocycles. The molecule has 0 fully saturated rings. The lowest BCUT2D eigenvalue weighted by Gasteiger charge is -2.19. The van der Waals surface area contributed by atoms with E-state index in [-0.39, 0.29) is 14.8 Å². The summed E-state index contributed by atoms with van der Waals surface area (Å²) in [6, 6.07) is 11.6. The summed E-state index contributed by atoms with van der Waals surface area (Å²) < 4.78 is 65.9. The van der Waals surface area contributed by atoms with Crippen LogP contribution in [0.25, 0.3) is 0 Å². The van der Waals surface area contributed by atoms with Crippen molar-refractivity contribution in [2.75, 3.05) is 16.7 Å². The van der Waals surface area contributed by atoms with Crippen LogP contribution in [-0.2, 0) is 16.2 Å². The second kappa shape index (κ2) is 8.29. The minimum atomic E-state index is -4.70. The average Bonchev–Trinajstić information content (AvgIpc) is 3.24. The molecule has 11 heteroatoms. The molecule has 3 aromatic rings. The third-order valence-corrected chi connectivity index (χ3v) is 7.53. The highest BCUT2D eigenvalue weighted by Crippen LogP contribution is 2.36. The number of halogens is 4. The second-order valence-corrected chi connectivity index (χ2v) is 9.67. The third kappa shape index (κ3) is 4.61. The summed E-state index contributed by atoms with van der Waals surface area (Å²) in [7, 11) is -2.37. The Bertz CT molecular complexity index is 1160. The van der Waals surface area contributed by atoms with Gasteiger partial charge in [-0.2, -0.15) is 13.2 Å². The highest BCUT2D eigenvalue weighted by Gasteiger charge is 2.34. The van der Waals surface area contributed by atoms with E-state index in [1.165, 1.54) is 43.4 Å². The maximum atomic E-state index is 13.2. The lowest BCUT2D eigenvalue weighted by molar-refractivity contribution is -0.136. The van der Waals surface area contributed by atoms with Crippen molar-refractivity contribution in [3.8, 4) is 0 Å². The SMILES string of the molecule is CN(c1ccc(C(=O)Nc2ccc(Cl)cc2C(F)(F)F)cc1)S(=O)(=O)c1cccs1. The van der Waals surface area contributed by atoms with Gasteiger partial charge in [-0.1, -0.05) is 17.7 Å². The molecule has 1 aromatic heterocycles. The van der Waals surface area contributed by atoms with Crippen molar-refractivity contribution >= 4 is 50.2 Å². The van der Waals surface area contributed by atoms with Crippen molar-refractivity contribution in [2.24, 2.45) is 0 Å². The molecule has 0 saturated carbocycles. The number of carbonyl (C=O) groups excluding carboxylic acids is 1. The van der Waals surface area contributed by atoms with Crippen LogP contribution in [0.2, 0.25) is 5.02 Å². The maximum absolute atomic E-state index is 13.2. The van der Waals surface area contributed by atoms with Crippen molar-refractivity contribution in [2.45, 2.75) is 10.4 Å². The van der Waals surface area contributed by atoms with E-state index in [0.717, 1.165) is 27.8 Å². The minimum absolute atomic E-state index is 0.0590. The van der Waals surface area contributed by atoms with Crippen LogP contribution in [0, 0.1) is 0 Å². The highest BCUT2D eigenvalue weighted by atomic mass is 35.5. The molecule has 0 aliphatic rings. The number of hydrogen-bond donors (Lipinski definition) is 1. The Morgan fingerprint density at radius 2 is 1.77 bits per heavy atom. The molecule has 1 heterocycles. The van der Waals surface area contributed by atoms with Gasteiger partial charge in [-0.05, 0) is 53.9 Å². The fourth-order valence-electron chi connectivity index (χ4n) is 2.56. The molecule has 3 rings (SSSR count). The molecular weight excluding hydrogens is 461 g/mol. The van der Waals surface area contributed by atoms with Crippen molar-refractivity contribution in [3.63, 3.8) is 0 Å². The topological polar surface area (TPSA) is 66.5 Å². The fourth-order valence-corrected chi connectivity index (χ4v) is 5.09. The van der Waals surface area contributed by atoms with Crippen LogP contribution in [-0.4, -0.2) is 21.4 Å². The number of anilines is 2. The van der Waals surface area contributed by atoms with Gasteiger partial charge in [0.05, 0.1) is 16.9 Å². The molecule has 0 bridgehead atoms. The summed E-state index contributed by atoms with van der Waals surface area (Å²) in [6.07, 6.45) is -4.70. The molecule has 158 valence electrons. The molecule has 0 radical (unpaired) electrons. The Labute approximate surface area is 179 Å². The van der Waals surface area contributed by atoms with Crippen LogP contribution in [0.4, 0.5) is 24.5 Å². The third-order valence-electron chi connectivity index (χ3n) is 4.14. The number of benzene rings is 2. The Kier molecular flexibility index (Phi) is 6.11. The molecule has 0 spiro atoms. The lowest BCUT2D eigenvalue weighted by Crippen LogP contribution is -2.25. The van der Waals surface area contributed by atoms with Gasteiger partial charge >= 0.3 is 6.18 Å². The lowest BCUT2D eigenvalue weighted by atomic mass is 10.1. The number of thiophene rings is 1. The van der Waals surface area contributed by atoms with E-state index < -0.39 is 33.4 Å². The van der Waals surface area contributed by atoms with Gasteiger partial charge in [-0.3, -0.25) is 9.10 Å². The molecule has 0 aliphatic carbocycles. The van der Waals surface area contributed by atoms with E-state index in [4.69, 9.17) is 11.6 Å². The molecule has 30 heavy (non-hydrogen) atoms. The Morgan fingerprint density at radius 1 is 1.10 bits per heavy atom. The predicted octanol–water partition coefficient (Wildman–Crippen LogP) is 5.50. The molecule has 1 N–H and O–H groups in total. The number of amides is 1. The number of carbonyl (C=O) groups is 1. The standard InChI is InChI=1S/C19H14ClF3N2O3S2/c1-25(30(27,28)17-3-2-10-29-17)14-7-4-12(5-8-14)18(26)24-16-9-6-13(20)11-15(16)19(21,22)23/h2-11H,1H3,(H,24,26). The zero-order valence-corrected chi connectivity index (χ0v) is 17.7. The second-order valence-electron chi connectivity index (χ2n) is 6.09. The van der Waals surface area contributed by atoms with E-state index in [1.807, 2.05) is 0 Å². The Morgan fingerprint density at radius 3 is 2.33 bits per heavy atom. The van der Waals surface area contributed by atoms with Crippen molar-refractivity contribution < 1.29 is 26.4 Å². The van der Waals surface area contributed by atoms with E-state index in [0.29, 0.717) is 5.69 Å². The number of nitrogens with one attached hydrogen (secondary N) is 1. The number of alkyl halides is 3. The summed E-state index contributed by atoms with van der Waals surface area (Å²) in [5.74, 6) is -0.780. The number of hydrogen-bond acceptors (Lipinski definition) is 4. The smallest absolute Gasteiger partial charge is 0.321 e. The van der Waals surface area contributed by atoms with Crippen molar-refractivity contribution in [1.82, 2.24) is 0 Å². The summed E-state index contributed by atoms with van der Waals surface area (Å²) in [4.78, 5) is 12.4. The monoisotopic (exact) mass is 474 g/mol. The minimum Gasteiger partial charge on any atom is -0.321 e. The normalized spacial score (nSPS) is 11.9. The first-order valence-corrected chi connectivity index (χ1v) is 11.0. The zero-order chi connectivity index (χ0) is 22.1. The first kappa shape index (κ1) is 22.1. The van der Waals surface area contributed by atoms with Crippen LogP contribution < -0.4 is 9.62 Å². The van der Waals surface area contributed by atoms with Crippen molar-refractivity contribution in [3.05, 3.63) is 76.1 Å². The van der Waals surface area contributed by atoms with E-state index in [1.54, 1.807) is 11.4 Å². The summed E-state index contributed by atoms with van der Waals surface area (Å²) >= 11 is 6.70. The van der Waals surface area contributed by atoms with E-state index in [9.17, 15) is 26.4 Å². The first-order chi connectivity index (χ1) is 14.0. The molecule has 5 nitrogen and oxygen atoms in total. The van der Waals surface area contributed by atoms with Crippen LogP contribution in [0.15, 0.2) is 64.2 Å². The number of rotatable bonds is 5. The Hall–Kier alpha value is -2.56. The fraction of sp³-hybridized carbons (Fsp3) is 0.105. The highest BCUT2D eigenvalue weighted by molar-refractivity contribution is 7.94. The molecule has 2 aromatic carbocycles. The van der Waals surface area contributed by atoms with Gasteiger partial charge in [0.25, 0.3) is 15.9 Å². The van der Waals surface area contributed by atoms with Gasteiger partial charge in [0.15, 0.2) is 0 Å². The van der Waals surface area contributed by atoms with E-state index in [2.05, 4.69) is 5.32 Å². The van der Waals surface area contributed by atoms with Crippen LogP contribution in [0.3, 0.4) is 0 Å². The van der Waals surface area contributed by atoms with Crippen LogP contribution in [0.1, 0.15) is 15.9 Å². The van der Waals surface area contributed by atoms with E-state index >= 15 is 0 Å². The van der Waals surface area contributed by atoms with Crippen molar-refractivity contribution in [1.29, 1.82) is 0 Å². The maximum Gasteiger partial charge on any atom is 0.418 e. The molecule has 0 unspecified atom stereocenters. The first-order valence-electron chi connectivity index (χ1n) is 8.31. The summed E-state index contributed by atoms with van der Waals surface area (Å²) in [6.45, 7) is 0. The summed E-state index contributed by atoms with van der Waals surface area (Å²) in [5, 5.41) is 3.74. The van der Waals surface area contributed by atoms with Gasteiger partial charge in [0.1, 0.15) is 4.21 Å². The van der Waals surface area contributed by atoms with Gasteiger partial charge in [-0.15, -0.1) is 11.3 Å². The van der Waals surface area contributed by atoms with Gasteiger partial charge in [-0.25, -0.2) is 8.42 Å².